The van der Waals surface area contributed by atoms with E-state index in [1.807, 2.05) is 0 Å². The predicted molar refractivity (Wildman–Crippen MR) is 101 cm³/mol. The van der Waals surface area contributed by atoms with Crippen molar-refractivity contribution < 1.29 is 9.53 Å². The summed E-state index contributed by atoms with van der Waals surface area (Å²) in [4.78, 5) is 26.9. The zero-order chi connectivity index (χ0) is 18.6. The van der Waals surface area contributed by atoms with Gasteiger partial charge in [0.15, 0.2) is 0 Å². The van der Waals surface area contributed by atoms with E-state index in [4.69, 9.17) is 4.74 Å². The summed E-state index contributed by atoms with van der Waals surface area (Å²) in [6, 6.07) is 2.04. The highest BCUT2D eigenvalue weighted by Gasteiger charge is 2.27. The van der Waals surface area contributed by atoms with Crippen molar-refractivity contribution in [3.05, 3.63) is 27.7 Å². The number of hydrogen-bond acceptors (Lipinski definition) is 5. The van der Waals surface area contributed by atoms with Crippen molar-refractivity contribution in [2.75, 3.05) is 26.2 Å². The Hall–Kier alpha value is -1.73. The largest absolute Gasteiger partial charge is 0.376 e. The summed E-state index contributed by atoms with van der Waals surface area (Å²) in [5.41, 5.74) is 1.87. The van der Waals surface area contributed by atoms with Gasteiger partial charge in [-0.1, -0.05) is 12.8 Å². The Labute approximate surface area is 160 Å². The molecule has 1 saturated carbocycles. The summed E-state index contributed by atoms with van der Waals surface area (Å²) in [6.45, 7) is 4.31. The average molecular weight is 374 g/mol. The maximum atomic E-state index is 12.3. The molecular formula is C20H30N4O3. The van der Waals surface area contributed by atoms with Gasteiger partial charge in [-0.15, -0.1) is 0 Å². The molecule has 1 aromatic rings. The van der Waals surface area contributed by atoms with E-state index in [9.17, 15) is 9.59 Å². The molecule has 2 fully saturated rings. The van der Waals surface area contributed by atoms with Gasteiger partial charge >= 0.3 is 0 Å². The van der Waals surface area contributed by atoms with Crippen molar-refractivity contribution in [2.45, 2.75) is 64.1 Å². The number of hydrogen-bond donors (Lipinski definition) is 1. The molecule has 2 aliphatic heterocycles. The summed E-state index contributed by atoms with van der Waals surface area (Å²) in [5, 5.41) is 7.72. The van der Waals surface area contributed by atoms with Gasteiger partial charge in [0.05, 0.1) is 25.5 Å². The fourth-order valence-electron chi connectivity index (χ4n) is 4.25. The Morgan fingerprint density at radius 3 is 2.93 bits per heavy atom. The maximum absolute atomic E-state index is 12.3. The molecular weight excluding hydrogens is 344 g/mol. The number of likely N-dealkylation sites (tertiary alicyclic amines) is 1. The summed E-state index contributed by atoms with van der Waals surface area (Å²) < 4.78 is 7.00. The van der Waals surface area contributed by atoms with Crippen LogP contribution in [-0.2, 0) is 29.1 Å². The zero-order valence-corrected chi connectivity index (χ0v) is 16.0. The Morgan fingerprint density at radius 1 is 1.22 bits per heavy atom. The summed E-state index contributed by atoms with van der Waals surface area (Å²) in [7, 11) is 0. The standard InChI is InChI=1S/C20H30N4O3/c25-19-12-16-14-27-11-7-18(16)22-24(19)10-9-23-8-2-1-6-17(23)13-21-20(26)15-4-3-5-15/h12,15,17H,1-11,13-14H2,(H,21,26). The highest BCUT2D eigenvalue weighted by molar-refractivity contribution is 5.79. The first kappa shape index (κ1) is 18.6. The second-order valence-electron chi connectivity index (χ2n) is 8.04. The Kier molecular flexibility index (Phi) is 5.88. The van der Waals surface area contributed by atoms with Crippen LogP contribution in [0.2, 0.25) is 0 Å². The lowest BCUT2D eigenvalue weighted by Gasteiger charge is -2.36. The van der Waals surface area contributed by atoms with Gasteiger partial charge in [-0.25, -0.2) is 4.68 Å². The fourth-order valence-corrected chi connectivity index (χ4v) is 4.25. The van der Waals surface area contributed by atoms with E-state index >= 15 is 0 Å². The quantitative estimate of drug-likeness (QED) is 0.807. The van der Waals surface area contributed by atoms with E-state index in [2.05, 4.69) is 15.3 Å². The minimum absolute atomic E-state index is 0.0499. The van der Waals surface area contributed by atoms with Crippen molar-refractivity contribution in [2.24, 2.45) is 5.92 Å². The van der Waals surface area contributed by atoms with Crippen LogP contribution in [0.25, 0.3) is 0 Å². The van der Waals surface area contributed by atoms with E-state index in [1.165, 1.54) is 19.3 Å². The number of fused-ring (bicyclic) bond motifs is 1. The third kappa shape index (κ3) is 4.41. The van der Waals surface area contributed by atoms with Gasteiger partial charge in [-0.05, 0) is 32.2 Å². The molecule has 0 spiro atoms. The SMILES string of the molecule is O=C(NCC1CCCCN1CCn1nc2c(cc1=O)COCC2)C1CCC1. The first-order valence-electron chi connectivity index (χ1n) is 10.4. The molecule has 1 saturated heterocycles. The van der Waals surface area contributed by atoms with Crippen molar-refractivity contribution in [3.8, 4) is 0 Å². The molecule has 148 valence electrons. The molecule has 0 aromatic carbocycles. The number of amides is 1. The molecule has 1 N–H and O–H groups in total. The average Bonchev–Trinajstić information content (AvgIpc) is 2.64. The number of rotatable bonds is 6. The first-order valence-corrected chi connectivity index (χ1v) is 10.4. The molecule has 1 amide bonds. The van der Waals surface area contributed by atoms with Gasteiger partial charge in [0.25, 0.3) is 5.56 Å². The van der Waals surface area contributed by atoms with Crippen LogP contribution in [0.1, 0.15) is 49.8 Å². The van der Waals surface area contributed by atoms with Crippen LogP contribution in [0.5, 0.6) is 0 Å². The molecule has 1 unspecified atom stereocenters. The molecule has 27 heavy (non-hydrogen) atoms. The minimum atomic E-state index is -0.0499. The van der Waals surface area contributed by atoms with Gasteiger partial charge in [0.2, 0.25) is 5.91 Å². The van der Waals surface area contributed by atoms with E-state index in [-0.39, 0.29) is 17.4 Å². The van der Waals surface area contributed by atoms with E-state index in [0.717, 1.165) is 56.6 Å². The van der Waals surface area contributed by atoms with Gasteiger partial charge in [0.1, 0.15) is 0 Å². The second kappa shape index (κ2) is 8.52. The van der Waals surface area contributed by atoms with Gasteiger partial charge < -0.3 is 10.1 Å². The van der Waals surface area contributed by atoms with Crippen LogP contribution in [-0.4, -0.2) is 52.9 Å². The van der Waals surface area contributed by atoms with Crippen LogP contribution in [0.4, 0.5) is 0 Å². The Bertz CT molecular complexity index is 728. The smallest absolute Gasteiger partial charge is 0.267 e. The van der Waals surface area contributed by atoms with Crippen LogP contribution in [0.15, 0.2) is 10.9 Å². The van der Waals surface area contributed by atoms with Gasteiger partial charge in [-0.3, -0.25) is 14.5 Å². The van der Waals surface area contributed by atoms with Crippen LogP contribution in [0, 0.1) is 5.92 Å². The number of nitrogens with one attached hydrogen (secondary N) is 1. The third-order valence-corrected chi connectivity index (χ3v) is 6.24. The van der Waals surface area contributed by atoms with Crippen molar-refractivity contribution >= 4 is 5.91 Å². The number of piperidine rings is 1. The number of carbonyl (C=O) groups is 1. The Morgan fingerprint density at radius 2 is 2.11 bits per heavy atom. The second-order valence-corrected chi connectivity index (χ2v) is 8.04. The maximum Gasteiger partial charge on any atom is 0.267 e. The molecule has 1 aliphatic carbocycles. The van der Waals surface area contributed by atoms with Crippen LogP contribution in [0.3, 0.4) is 0 Å². The van der Waals surface area contributed by atoms with E-state index < -0.39 is 0 Å². The van der Waals surface area contributed by atoms with Gasteiger partial charge in [0, 0.05) is 43.1 Å². The molecule has 3 heterocycles. The molecule has 7 nitrogen and oxygen atoms in total. The van der Waals surface area contributed by atoms with Crippen LogP contribution >= 0.6 is 0 Å². The number of carbonyl (C=O) groups excluding carboxylic acids is 1. The number of nitrogens with zero attached hydrogens (tertiary/aromatic N) is 3. The van der Waals surface area contributed by atoms with Gasteiger partial charge in [-0.2, -0.15) is 5.10 Å². The number of aromatic nitrogens is 2. The lowest BCUT2D eigenvalue weighted by Crippen LogP contribution is -2.49. The molecule has 7 heteroatoms. The van der Waals surface area contributed by atoms with Crippen molar-refractivity contribution in [1.82, 2.24) is 20.0 Å². The van der Waals surface area contributed by atoms with Crippen molar-refractivity contribution in [1.29, 1.82) is 0 Å². The molecule has 1 atom stereocenters. The first-order chi connectivity index (χ1) is 13.2. The lowest BCUT2D eigenvalue weighted by atomic mass is 9.85. The molecule has 4 rings (SSSR count). The summed E-state index contributed by atoms with van der Waals surface area (Å²) in [5.74, 6) is 0.464. The van der Waals surface area contributed by atoms with Crippen molar-refractivity contribution in [3.63, 3.8) is 0 Å². The highest BCUT2D eigenvalue weighted by atomic mass is 16.5. The minimum Gasteiger partial charge on any atom is -0.376 e. The normalized spacial score (nSPS) is 23.5. The highest BCUT2D eigenvalue weighted by Crippen LogP contribution is 2.26. The third-order valence-electron chi connectivity index (χ3n) is 6.24. The van der Waals surface area contributed by atoms with E-state index in [1.54, 1.807) is 10.7 Å². The Balaban J connectivity index is 1.34. The number of ether oxygens (including phenoxy) is 1. The predicted octanol–water partition coefficient (Wildman–Crippen LogP) is 1.09. The fraction of sp³-hybridized carbons (Fsp3) is 0.750. The summed E-state index contributed by atoms with van der Waals surface area (Å²) in [6.07, 6.45) is 7.52. The molecule has 1 aromatic heterocycles. The topological polar surface area (TPSA) is 76.5 Å². The zero-order valence-electron chi connectivity index (χ0n) is 16.0. The van der Waals surface area contributed by atoms with E-state index in [0.29, 0.717) is 25.8 Å². The molecule has 3 aliphatic rings. The molecule has 0 radical (unpaired) electrons. The monoisotopic (exact) mass is 374 g/mol. The van der Waals surface area contributed by atoms with Crippen LogP contribution < -0.4 is 10.9 Å². The molecule has 0 bridgehead atoms. The lowest BCUT2D eigenvalue weighted by molar-refractivity contribution is -0.127. The summed E-state index contributed by atoms with van der Waals surface area (Å²) >= 11 is 0.